The Labute approximate surface area is 144 Å². The molecular weight excluding hydrogens is 316 g/mol. The third kappa shape index (κ3) is 2.78. The minimum Gasteiger partial charge on any atom is -0.493 e. The van der Waals surface area contributed by atoms with Crippen molar-refractivity contribution in [1.82, 2.24) is 19.7 Å². The quantitative estimate of drug-likeness (QED) is 0.567. The van der Waals surface area contributed by atoms with Crippen molar-refractivity contribution in [2.75, 3.05) is 7.11 Å². The highest BCUT2D eigenvalue weighted by molar-refractivity contribution is 5.81. The summed E-state index contributed by atoms with van der Waals surface area (Å²) >= 11 is 0. The summed E-state index contributed by atoms with van der Waals surface area (Å²) in [4.78, 5) is 8.62. The number of aryl methyl sites for hydroxylation is 1. The van der Waals surface area contributed by atoms with Crippen LogP contribution in [0.5, 0.6) is 17.4 Å². The van der Waals surface area contributed by atoms with Crippen molar-refractivity contribution in [3.63, 3.8) is 0 Å². The summed E-state index contributed by atoms with van der Waals surface area (Å²) in [6.07, 6.45) is 3.18. The fourth-order valence-corrected chi connectivity index (χ4v) is 2.63. The topological polar surface area (TPSA) is 62.1 Å². The number of methoxy groups -OCH3 is 1. The molecule has 0 aliphatic carbocycles. The second kappa shape index (κ2) is 6.24. The number of nitrogens with zero attached hydrogens (tertiary/aromatic N) is 4. The van der Waals surface area contributed by atoms with Crippen LogP contribution in [-0.4, -0.2) is 26.9 Å². The van der Waals surface area contributed by atoms with Crippen LogP contribution in [0.25, 0.3) is 16.7 Å². The molecule has 0 radical (unpaired) electrons. The van der Waals surface area contributed by atoms with Gasteiger partial charge in [-0.1, -0.05) is 24.3 Å². The molecule has 2 aromatic heterocycles. The predicted molar refractivity (Wildman–Crippen MR) is 94.5 cm³/mol. The number of aromatic nitrogens is 4. The molecule has 0 saturated carbocycles. The average molecular weight is 332 g/mol. The van der Waals surface area contributed by atoms with E-state index in [1.807, 2.05) is 55.5 Å². The molecule has 2 heterocycles. The number of fused-ring (bicyclic) bond motifs is 1. The highest BCUT2D eigenvalue weighted by atomic mass is 16.5. The maximum absolute atomic E-state index is 5.99. The van der Waals surface area contributed by atoms with Gasteiger partial charge >= 0.3 is 0 Å². The summed E-state index contributed by atoms with van der Waals surface area (Å²) in [5, 5.41) is 5.16. The van der Waals surface area contributed by atoms with E-state index in [2.05, 4.69) is 15.1 Å². The average Bonchev–Trinajstić information content (AvgIpc) is 3.09. The lowest BCUT2D eigenvalue weighted by Gasteiger charge is -2.10. The van der Waals surface area contributed by atoms with E-state index in [1.54, 1.807) is 18.0 Å². The van der Waals surface area contributed by atoms with Crippen molar-refractivity contribution in [1.29, 1.82) is 0 Å². The van der Waals surface area contributed by atoms with Gasteiger partial charge in [-0.2, -0.15) is 5.10 Å². The van der Waals surface area contributed by atoms with Crippen LogP contribution in [0.15, 0.2) is 61.1 Å². The maximum atomic E-state index is 5.99. The lowest BCUT2D eigenvalue weighted by Crippen LogP contribution is -1.98. The summed E-state index contributed by atoms with van der Waals surface area (Å²) in [5.41, 5.74) is 2.70. The zero-order valence-corrected chi connectivity index (χ0v) is 13.9. The van der Waals surface area contributed by atoms with Crippen molar-refractivity contribution in [3.8, 4) is 23.1 Å². The lowest BCUT2D eigenvalue weighted by atomic mass is 10.2. The van der Waals surface area contributed by atoms with Crippen LogP contribution < -0.4 is 9.47 Å². The van der Waals surface area contributed by atoms with Gasteiger partial charge in [-0.15, -0.1) is 0 Å². The molecule has 6 nitrogen and oxygen atoms in total. The molecule has 0 amide bonds. The molecule has 2 aromatic carbocycles. The Morgan fingerprint density at radius 2 is 1.80 bits per heavy atom. The molecule has 4 aromatic rings. The third-order valence-electron chi connectivity index (χ3n) is 3.86. The normalized spacial score (nSPS) is 10.8. The van der Waals surface area contributed by atoms with Gasteiger partial charge in [0.15, 0.2) is 17.1 Å². The smallest absolute Gasteiger partial charge is 0.233 e. The van der Waals surface area contributed by atoms with Gasteiger partial charge in [0.1, 0.15) is 11.7 Å². The Balaban J connectivity index is 1.78. The molecule has 0 aliphatic heterocycles. The van der Waals surface area contributed by atoms with E-state index in [-0.39, 0.29) is 0 Å². The second-order valence-corrected chi connectivity index (χ2v) is 5.56. The first-order valence-corrected chi connectivity index (χ1v) is 7.83. The highest BCUT2D eigenvalue weighted by Gasteiger charge is 2.14. The Morgan fingerprint density at radius 3 is 2.60 bits per heavy atom. The molecule has 0 N–H and O–H groups in total. The van der Waals surface area contributed by atoms with E-state index < -0.39 is 0 Å². The van der Waals surface area contributed by atoms with Crippen LogP contribution in [0.1, 0.15) is 5.56 Å². The molecule has 0 aliphatic rings. The summed E-state index contributed by atoms with van der Waals surface area (Å²) in [5.74, 6) is 1.69. The number of rotatable bonds is 4. The maximum Gasteiger partial charge on any atom is 0.233 e. The molecule has 25 heavy (non-hydrogen) atoms. The van der Waals surface area contributed by atoms with Crippen LogP contribution in [0.3, 0.4) is 0 Å². The van der Waals surface area contributed by atoms with Gasteiger partial charge < -0.3 is 9.47 Å². The van der Waals surface area contributed by atoms with Gasteiger partial charge in [-0.05, 0) is 36.8 Å². The monoisotopic (exact) mass is 332 g/mol. The van der Waals surface area contributed by atoms with Crippen molar-refractivity contribution in [2.24, 2.45) is 0 Å². The lowest BCUT2D eigenvalue weighted by molar-refractivity contribution is 0.375. The second-order valence-electron chi connectivity index (χ2n) is 5.56. The van der Waals surface area contributed by atoms with Crippen molar-refractivity contribution < 1.29 is 9.47 Å². The first kappa shape index (κ1) is 15.1. The number of hydrogen-bond acceptors (Lipinski definition) is 5. The van der Waals surface area contributed by atoms with Crippen LogP contribution in [0.2, 0.25) is 0 Å². The molecule has 124 valence electrons. The van der Waals surface area contributed by atoms with Crippen molar-refractivity contribution in [3.05, 3.63) is 66.6 Å². The predicted octanol–water partition coefficient (Wildman–Crippen LogP) is 3.92. The largest absolute Gasteiger partial charge is 0.493 e. The van der Waals surface area contributed by atoms with Crippen LogP contribution in [0.4, 0.5) is 0 Å². The third-order valence-corrected chi connectivity index (χ3v) is 3.86. The zero-order chi connectivity index (χ0) is 17.2. The fraction of sp³-hybridized carbons (Fsp3) is 0.105. The Bertz CT molecular complexity index is 1030. The van der Waals surface area contributed by atoms with Gasteiger partial charge in [0.05, 0.1) is 19.0 Å². The summed E-state index contributed by atoms with van der Waals surface area (Å²) < 4.78 is 13.1. The van der Waals surface area contributed by atoms with Gasteiger partial charge in [0.25, 0.3) is 0 Å². The Kier molecular flexibility index (Phi) is 3.78. The van der Waals surface area contributed by atoms with E-state index >= 15 is 0 Å². The van der Waals surface area contributed by atoms with E-state index in [0.29, 0.717) is 23.0 Å². The van der Waals surface area contributed by atoms with Crippen LogP contribution in [0, 0.1) is 6.92 Å². The number of benzene rings is 2. The highest BCUT2D eigenvalue weighted by Crippen LogP contribution is 2.34. The van der Waals surface area contributed by atoms with Gasteiger partial charge in [-0.25, -0.2) is 14.6 Å². The standard InChI is InChI=1S/C19H16N4O2/c1-13-8-9-16(17(10-13)24-2)25-19-15-11-22-23(18(15)20-12-21-19)14-6-4-3-5-7-14/h3-12H,1-2H3. The minimum absolute atomic E-state index is 0.439. The van der Waals surface area contributed by atoms with Crippen LogP contribution >= 0.6 is 0 Å². The van der Waals surface area contributed by atoms with Gasteiger partial charge in [0, 0.05) is 0 Å². The first-order chi connectivity index (χ1) is 12.3. The Hall–Kier alpha value is -3.41. The van der Waals surface area contributed by atoms with Crippen molar-refractivity contribution >= 4 is 11.0 Å². The number of hydrogen-bond donors (Lipinski definition) is 0. The van der Waals surface area contributed by atoms with E-state index in [0.717, 1.165) is 16.6 Å². The summed E-state index contributed by atoms with van der Waals surface area (Å²) in [6.45, 7) is 2.00. The van der Waals surface area contributed by atoms with E-state index in [4.69, 9.17) is 9.47 Å². The molecule has 0 unspecified atom stereocenters. The molecule has 4 rings (SSSR count). The molecule has 0 bridgehead atoms. The molecule has 0 atom stereocenters. The zero-order valence-electron chi connectivity index (χ0n) is 13.9. The molecule has 6 heteroatoms. The SMILES string of the molecule is COc1cc(C)ccc1Oc1ncnc2c1cnn2-c1ccccc1. The molecule has 0 spiro atoms. The van der Waals surface area contributed by atoms with Crippen LogP contribution in [-0.2, 0) is 0 Å². The van der Waals surface area contributed by atoms with E-state index in [1.165, 1.54) is 6.33 Å². The fourth-order valence-electron chi connectivity index (χ4n) is 2.63. The first-order valence-electron chi connectivity index (χ1n) is 7.83. The van der Waals surface area contributed by atoms with Gasteiger partial charge in [0.2, 0.25) is 5.88 Å². The van der Waals surface area contributed by atoms with Gasteiger partial charge in [-0.3, -0.25) is 0 Å². The molecule has 0 fully saturated rings. The number of para-hydroxylation sites is 1. The minimum atomic E-state index is 0.439. The molecule has 0 saturated heterocycles. The molecular formula is C19H16N4O2. The summed E-state index contributed by atoms with van der Waals surface area (Å²) in [6, 6.07) is 15.6. The summed E-state index contributed by atoms with van der Waals surface area (Å²) in [7, 11) is 1.62. The number of ether oxygens (including phenoxy) is 2. The van der Waals surface area contributed by atoms with E-state index in [9.17, 15) is 0 Å². The Morgan fingerprint density at radius 1 is 0.960 bits per heavy atom. The van der Waals surface area contributed by atoms with Crippen molar-refractivity contribution in [2.45, 2.75) is 6.92 Å².